The molecule has 0 aliphatic heterocycles. The number of allylic oxidation sites excluding steroid dienone is 4. The van der Waals surface area contributed by atoms with Crippen molar-refractivity contribution in [3.8, 4) is 0 Å². The number of fused-ring (bicyclic) bond motifs is 7. The Hall–Kier alpha value is -2.71. The zero-order valence-corrected chi connectivity index (χ0v) is 23.9. The molecular weight excluding hydrogens is 476 g/mol. The maximum atomic E-state index is 14.4. The quantitative estimate of drug-likeness (QED) is 0.157. The van der Waals surface area contributed by atoms with Crippen molar-refractivity contribution in [1.29, 1.82) is 0 Å². The van der Waals surface area contributed by atoms with Crippen LogP contribution in [0, 0.1) is 56.8 Å². The SMILES string of the molecule is [C-]#[N+]C1=C[C@]2(C)C3=CC(=O)C4C5CC(C)(C)CC[C@]5(C(=O)N=[N+]=[N-])CC[C@@]4(C)[C@]3(C)CC[C@H]2C(C)(C)C1=O. The molecule has 0 aromatic heterocycles. The Morgan fingerprint density at radius 2 is 1.68 bits per heavy atom. The molecule has 2 unspecified atom stereocenters. The highest BCUT2D eigenvalue weighted by Crippen LogP contribution is 2.74. The molecule has 0 heterocycles. The first-order valence-electron chi connectivity index (χ1n) is 14.1. The molecule has 7 heteroatoms. The van der Waals surface area contributed by atoms with Crippen molar-refractivity contribution in [2.45, 2.75) is 93.4 Å². The van der Waals surface area contributed by atoms with E-state index in [9.17, 15) is 14.4 Å². The predicted molar refractivity (Wildman–Crippen MR) is 144 cm³/mol. The Morgan fingerprint density at radius 3 is 2.32 bits per heavy atom. The molecule has 0 radical (unpaired) electrons. The third-order valence-electron chi connectivity index (χ3n) is 12.4. The number of azide groups is 1. The number of hydrogen-bond donors (Lipinski definition) is 0. The van der Waals surface area contributed by atoms with E-state index < -0.39 is 27.6 Å². The summed E-state index contributed by atoms with van der Waals surface area (Å²) in [5.74, 6) is -0.977. The molecule has 0 N–H and O–H groups in total. The van der Waals surface area contributed by atoms with Crippen molar-refractivity contribution in [2.24, 2.45) is 55.4 Å². The van der Waals surface area contributed by atoms with Gasteiger partial charge >= 0.3 is 0 Å². The summed E-state index contributed by atoms with van der Waals surface area (Å²) in [5.41, 5.74) is 7.58. The van der Waals surface area contributed by atoms with Crippen LogP contribution in [0.4, 0.5) is 0 Å². The van der Waals surface area contributed by atoms with Crippen LogP contribution >= 0.6 is 0 Å². The van der Waals surface area contributed by atoms with Gasteiger partial charge in [-0.15, -0.1) is 0 Å². The van der Waals surface area contributed by atoms with E-state index in [1.54, 1.807) is 0 Å². The molecular formula is C31H40N4O3. The molecule has 7 nitrogen and oxygen atoms in total. The van der Waals surface area contributed by atoms with Crippen LogP contribution in [0.2, 0.25) is 0 Å². The molecule has 38 heavy (non-hydrogen) atoms. The highest BCUT2D eigenvalue weighted by molar-refractivity contribution is 6.03. The van der Waals surface area contributed by atoms with Crippen LogP contribution < -0.4 is 0 Å². The van der Waals surface area contributed by atoms with Gasteiger partial charge in [-0.1, -0.05) is 60.1 Å². The van der Waals surface area contributed by atoms with E-state index in [1.165, 1.54) is 0 Å². The van der Waals surface area contributed by atoms with E-state index in [-0.39, 0.29) is 45.8 Å². The second-order valence-corrected chi connectivity index (χ2v) is 14.9. The van der Waals surface area contributed by atoms with E-state index >= 15 is 0 Å². The molecule has 0 aromatic carbocycles. The normalized spacial score (nSPS) is 44.5. The third kappa shape index (κ3) is 3.13. The van der Waals surface area contributed by atoms with Gasteiger partial charge in [0.1, 0.15) is 0 Å². The third-order valence-corrected chi connectivity index (χ3v) is 12.4. The van der Waals surface area contributed by atoms with E-state index in [1.807, 2.05) is 26.0 Å². The molecule has 1 amide bonds. The molecule has 0 spiro atoms. The summed E-state index contributed by atoms with van der Waals surface area (Å²) < 4.78 is 0. The van der Waals surface area contributed by atoms with Crippen LogP contribution in [-0.2, 0) is 14.4 Å². The summed E-state index contributed by atoms with van der Waals surface area (Å²) in [7, 11) is 0. The van der Waals surface area contributed by atoms with Gasteiger partial charge in [0.2, 0.25) is 11.6 Å². The summed E-state index contributed by atoms with van der Waals surface area (Å²) in [6.45, 7) is 22.7. The van der Waals surface area contributed by atoms with Crippen LogP contribution in [-0.4, -0.2) is 17.5 Å². The van der Waals surface area contributed by atoms with Gasteiger partial charge in [0.15, 0.2) is 11.6 Å². The molecule has 0 saturated heterocycles. The monoisotopic (exact) mass is 516 g/mol. The summed E-state index contributed by atoms with van der Waals surface area (Å²) in [6.07, 6.45) is 8.95. The number of hydrogen-bond acceptors (Lipinski definition) is 3. The number of nitrogens with zero attached hydrogens (tertiary/aromatic N) is 4. The smallest absolute Gasteiger partial charge is 0.226 e. The first-order valence-corrected chi connectivity index (χ1v) is 14.1. The first kappa shape index (κ1) is 26.9. The van der Waals surface area contributed by atoms with E-state index in [4.69, 9.17) is 12.1 Å². The van der Waals surface area contributed by atoms with Crippen LogP contribution in [0.15, 0.2) is 28.5 Å². The lowest BCUT2D eigenvalue weighted by Crippen LogP contribution is -2.65. The largest absolute Gasteiger partial charge is 0.307 e. The zero-order chi connectivity index (χ0) is 28.1. The van der Waals surface area contributed by atoms with Gasteiger partial charge in [0.25, 0.3) is 0 Å². The lowest BCUT2D eigenvalue weighted by molar-refractivity contribution is -0.176. The average Bonchev–Trinajstić information content (AvgIpc) is 2.82. The van der Waals surface area contributed by atoms with Crippen molar-refractivity contribution < 1.29 is 14.4 Å². The Bertz CT molecular complexity index is 1310. The number of carbonyl (C=O) groups excluding carboxylic acids is 3. The Labute approximate surface area is 225 Å². The molecule has 5 rings (SSSR count). The predicted octanol–water partition coefficient (Wildman–Crippen LogP) is 7.40. The van der Waals surface area contributed by atoms with Gasteiger partial charge < -0.3 is 4.79 Å². The van der Waals surface area contributed by atoms with E-state index in [2.05, 4.69) is 49.5 Å². The van der Waals surface area contributed by atoms with Gasteiger partial charge in [-0.05, 0) is 89.7 Å². The summed E-state index contributed by atoms with van der Waals surface area (Å²) in [5, 5.41) is 3.61. The van der Waals surface area contributed by atoms with Crippen molar-refractivity contribution in [1.82, 2.24) is 0 Å². The molecule has 7 atom stereocenters. The second-order valence-electron chi connectivity index (χ2n) is 14.9. The molecule has 0 aromatic rings. The van der Waals surface area contributed by atoms with Crippen molar-refractivity contribution >= 4 is 17.5 Å². The van der Waals surface area contributed by atoms with E-state index in [0.29, 0.717) is 19.3 Å². The van der Waals surface area contributed by atoms with Gasteiger partial charge in [0, 0.05) is 27.1 Å². The van der Waals surface area contributed by atoms with Crippen molar-refractivity contribution in [3.05, 3.63) is 45.3 Å². The van der Waals surface area contributed by atoms with Gasteiger partial charge in [0.05, 0.1) is 6.57 Å². The molecule has 3 saturated carbocycles. The number of ketones is 2. The minimum absolute atomic E-state index is 0.00288. The molecule has 0 bridgehead atoms. The number of Topliss-reactive ketones (excluding diaryl/α,β-unsaturated/α-hetero) is 1. The van der Waals surface area contributed by atoms with Crippen molar-refractivity contribution in [2.75, 3.05) is 0 Å². The van der Waals surface area contributed by atoms with Crippen LogP contribution in [0.5, 0.6) is 0 Å². The fraction of sp³-hybridized carbons (Fsp3) is 0.742. The minimum atomic E-state index is -0.791. The number of carbonyl (C=O) groups is 3. The summed E-state index contributed by atoms with van der Waals surface area (Å²) in [4.78, 5) is 47.5. The van der Waals surface area contributed by atoms with Crippen LogP contribution in [0.25, 0.3) is 15.3 Å². The number of amides is 1. The lowest BCUT2D eigenvalue weighted by atomic mass is 9.34. The summed E-state index contributed by atoms with van der Waals surface area (Å²) >= 11 is 0. The highest BCUT2D eigenvalue weighted by atomic mass is 16.2. The minimum Gasteiger partial charge on any atom is -0.307 e. The standard InChI is InChI=1S/C31H40N4O3/c1-26(2)11-13-31(25(38)34-35-32)14-12-30(7)23(18(31)16-26)20(36)15-22-28(5)17-19(33-8)24(37)27(3,4)21(28)9-10-29(22,30)6/h15,17-18,21,23H,9-14,16H2,1-7H3/t18?,21-,23?,28-,29+,30+,31-/m0/s1. The molecule has 5 aliphatic rings. The fourth-order valence-corrected chi connectivity index (χ4v) is 10.1. The maximum absolute atomic E-state index is 14.4. The van der Waals surface area contributed by atoms with Crippen molar-refractivity contribution in [3.63, 3.8) is 0 Å². The van der Waals surface area contributed by atoms with Crippen LogP contribution in [0.1, 0.15) is 93.4 Å². The lowest BCUT2D eigenvalue weighted by Gasteiger charge is -2.69. The van der Waals surface area contributed by atoms with Gasteiger partial charge in [-0.25, -0.2) is 4.85 Å². The average molecular weight is 517 g/mol. The highest BCUT2D eigenvalue weighted by Gasteiger charge is 2.70. The Kier molecular flexibility index (Phi) is 5.60. The Morgan fingerprint density at radius 1 is 1.03 bits per heavy atom. The topological polar surface area (TPSA) is 104 Å². The van der Waals surface area contributed by atoms with Gasteiger partial charge in [-0.3, -0.25) is 9.59 Å². The van der Waals surface area contributed by atoms with E-state index in [0.717, 1.165) is 31.3 Å². The zero-order valence-electron chi connectivity index (χ0n) is 23.9. The van der Waals surface area contributed by atoms with Crippen LogP contribution in [0.3, 0.4) is 0 Å². The second kappa shape index (κ2) is 7.92. The molecule has 3 fully saturated rings. The molecule has 5 aliphatic carbocycles. The number of rotatable bonds is 1. The Balaban J connectivity index is 1.71. The summed E-state index contributed by atoms with van der Waals surface area (Å²) in [6, 6.07) is 0. The maximum Gasteiger partial charge on any atom is 0.226 e. The first-order chi connectivity index (χ1) is 17.5. The molecule has 202 valence electrons. The fourth-order valence-electron chi connectivity index (χ4n) is 10.1. The van der Waals surface area contributed by atoms with Gasteiger partial charge in [-0.2, -0.15) is 0 Å².